The Kier molecular flexibility index (Phi) is 7.34. The molecule has 0 heterocycles. The van der Waals surface area contributed by atoms with Crippen LogP contribution in [0, 0.1) is 0 Å². The van der Waals surface area contributed by atoms with Crippen molar-refractivity contribution in [1.82, 2.24) is 0 Å². The van der Waals surface area contributed by atoms with Crippen molar-refractivity contribution in [3.05, 3.63) is 90.0 Å². The average Bonchev–Trinajstić information content (AvgIpc) is 2.76. The molecule has 0 aliphatic heterocycles. The fraction of sp³-hybridized carbons (Fsp3) is 0.174. The molecule has 0 fully saturated rings. The number of anilines is 1. The summed E-state index contributed by atoms with van der Waals surface area (Å²) in [7, 11) is 1.58. The van der Waals surface area contributed by atoms with E-state index in [-0.39, 0.29) is 24.2 Å². The Balaban J connectivity index is 1.69. The van der Waals surface area contributed by atoms with Gasteiger partial charge in [0.1, 0.15) is 17.5 Å². The van der Waals surface area contributed by atoms with E-state index >= 15 is 0 Å². The molecular weight excluding hydrogens is 390 g/mol. The fourth-order valence-corrected chi connectivity index (χ4v) is 3.09. The van der Waals surface area contributed by atoms with Crippen molar-refractivity contribution in [2.75, 3.05) is 19.0 Å². The van der Waals surface area contributed by atoms with Crippen LogP contribution in [0.2, 0.25) is 0 Å². The summed E-state index contributed by atoms with van der Waals surface area (Å²) in [4.78, 5) is 12.4. The van der Waals surface area contributed by atoms with Gasteiger partial charge in [-0.25, -0.2) is 0 Å². The molecule has 0 saturated heterocycles. The molecule has 7 heteroatoms. The van der Waals surface area contributed by atoms with Crippen LogP contribution in [0.15, 0.2) is 78.9 Å². The topological polar surface area (TPSA) is 64.2 Å². The molecule has 3 rings (SSSR count). The molecular formula is C23H23F2N2O3+. The molecule has 3 aromatic carbocycles. The lowest BCUT2D eigenvalue weighted by Gasteiger charge is -2.17. The quantitative estimate of drug-likeness (QED) is 0.564. The van der Waals surface area contributed by atoms with E-state index in [4.69, 9.17) is 4.74 Å². The van der Waals surface area contributed by atoms with E-state index in [9.17, 15) is 13.6 Å². The summed E-state index contributed by atoms with van der Waals surface area (Å²) in [5.74, 6) is 0.652. The zero-order valence-corrected chi connectivity index (χ0v) is 16.4. The molecule has 0 aromatic heterocycles. The summed E-state index contributed by atoms with van der Waals surface area (Å²) in [6, 6.07) is 23.1. The highest BCUT2D eigenvalue weighted by Crippen LogP contribution is 2.22. The first kappa shape index (κ1) is 21.3. The maximum atomic E-state index is 12.4. The number of ether oxygens (including phenoxy) is 2. The van der Waals surface area contributed by atoms with E-state index in [1.54, 1.807) is 43.5 Å². The van der Waals surface area contributed by atoms with Crippen LogP contribution in [0.5, 0.6) is 11.5 Å². The Bertz CT molecular complexity index is 933. The molecule has 0 aliphatic rings. The minimum atomic E-state index is -2.87. The average molecular weight is 413 g/mol. The van der Waals surface area contributed by atoms with E-state index in [1.165, 1.54) is 12.1 Å². The number of carbonyl (C=O) groups is 1. The second-order valence-electron chi connectivity index (χ2n) is 6.55. The Morgan fingerprint density at radius 3 is 2.10 bits per heavy atom. The van der Waals surface area contributed by atoms with Crippen molar-refractivity contribution in [3.63, 3.8) is 0 Å². The summed E-state index contributed by atoms with van der Waals surface area (Å²) in [6.45, 7) is -2.69. The number of quaternary nitrogens is 1. The first-order valence-corrected chi connectivity index (χ1v) is 9.42. The lowest BCUT2D eigenvalue weighted by Crippen LogP contribution is -2.87. The second-order valence-corrected chi connectivity index (χ2v) is 6.55. The van der Waals surface area contributed by atoms with Crippen LogP contribution in [0.25, 0.3) is 0 Å². The van der Waals surface area contributed by atoms with Crippen LogP contribution in [-0.4, -0.2) is 26.2 Å². The van der Waals surface area contributed by atoms with Crippen LogP contribution in [-0.2, 0) is 4.79 Å². The number of benzene rings is 3. The number of hydrogen-bond donors (Lipinski definition) is 2. The number of methoxy groups -OCH3 is 1. The van der Waals surface area contributed by atoms with Crippen LogP contribution in [0.1, 0.15) is 17.2 Å². The van der Waals surface area contributed by atoms with E-state index in [2.05, 4.69) is 10.1 Å². The predicted octanol–water partition coefficient (Wildman–Crippen LogP) is 3.59. The number of halogens is 2. The van der Waals surface area contributed by atoms with Gasteiger partial charge in [0.15, 0.2) is 6.54 Å². The van der Waals surface area contributed by atoms with Gasteiger partial charge in [-0.05, 0) is 48.5 Å². The monoisotopic (exact) mass is 413 g/mol. The van der Waals surface area contributed by atoms with Crippen LogP contribution >= 0.6 is 0 Å². The number of rotatable bonds is 9. The highest BCUT2D eigenvalue weighted by molar-refractivity contribution is 5.91. The van der Waals surface area contributed by atoms with Crippen molar-refractivity contribution in [3.8, 4) is 11.5 Å². The molecule has 0 radical (unpaired) electrons. The van der Waals surface area contributed by atoms with Crippen LogP contribution < -0.4 is 20.1 Å². The summed E-state index contributed by atoms with van der Waals surface area (Å²) >= 11 is 0. The Morgan fingerprint density at radius 2 is 1.50 bits per heavy atom. The Morgan fingerprint density at radius 1 is 0.900 bits per heavy atom. The second kappa shape index (κ2) is 10.4. The third-order valence-electron chi connectivity index (χ3n) is 4.54. The van der Waals surface area contributed by atoms with Gasteiger partial charge in [-0.3, -0.25) is 4.79 Å². The summed E-state index contributed by atoms with van der Waals surface area (Å²) in [5, 5.41) is 4.75. The molecule has 0 saturated carbocycles. The van der Waals surface area contributed by atoms with E-state index < -0.39 is 6.61 Å². The maximum absolute atomic E-state index is 12.4. The highest BCUT2D eigenvalue weighted by Gasteiger charge is 2.19. The lowest BCUT2D eigenvalue weighted by molar-refractivity contribution is -0.676. The molecule has 1 amide bonds. The van der Waals surface area contributed by atoms with Gasteiger partial charge < -0.3 is 20.1 Å². The first-order chi connectivity index (χ1) is 14.5. The third-order valence-corrected chi connectivity index (χ3v) is 4.54. The normalized spacial score (nSPS) is 11.7. The van der Waals surface area contributed by atoms with E-state index in [0.29, 0.717) is 11.4 Å². The zero-order chi connectivity index (χ0) is 21.3. The van der Waals surface area contributed by atoms with E-state index in [0.717, 1.165) is 11.1 Å². The third kappa shape index (κ3) is 6.02. The fourth-order valence-electron chi connectivity index (χ4n) is 3.09. The van der Waals surface area contributed by atoms with Crippen LogP contribution in [0.3, 0.4) is 0 Å². The SMILES string of the molecule is COc1ccc(NC(=O)C[NH2+][C@@H](c2ccccc2)c2ccc(OC(F)F)cc2)cc1. The summed E-state index contributed by atoms with van der Waals surface area (Å²) < 4.78 is 34.3. The van der Waals surface area contributed by atoms with Crippen molar-refractivity contribution in [2.45, 2.75) is 12.7 Å². The largest absolute Gasteiger partial charge is 0.497 e. The number of hydrogen-bond acceptors (Lipinski definition) is 3. The van der Waals surface area contributed by atoms with Crippen molar-refractivity contribution < 1.29 is 28.4 Å². The van der Waals surface area contributed by atoms with Crippen molar-refractivity contribution in [1.29, 1.82) is 0 Å². The lowest BCUT2D eigenvalue weighted by atomic mass is 9.98. The molecule has 0 spiro atoms. The standard InChI is InChI=1S/C23H22F2N2O3/c1-29-19-13-9-18(10-14-19)27-21(28)15-26-22(16-5-3-2-4-6-16)17-7-11-20(12-8-17)30-23(24)25/h2-14,22-23,26H,15H2,1H3,(H,27,28)/p+1/t22-/m0/s1. The van der Waals surface area contributed by atoms with Gasteiger partial charge >= 0.3 is 6.61 Å². The molecule has 0 bridgehead atoms. The number of nitrogens with two attached hydrogens (primary N) is 1. The van der Waals surface area contributed by atoms with Crippen molar-refractivity contribution in [2.24, 2.45) is 0 Å². The van der Waals surface area contributed by atoms with E-state index in [1.807, 2.05) is 35.6 Å². The molecule has 156 valence electrons. The molecule has 0 aliphatic carbocycles. The minimum Gasteiger partial charge on any atom is -0.497 e. The Hall–Kier alpha value is -3.45. The van der Waals surface area contributed by atoms with Gasteiger partial charge in [0, 0.05) is 16.8 Å². The number of amides is 1. The van der Waals surface area contributed by atoms with Gasteiger partial charge in [0.05, 0.1) is 7.11 Å². The summed E-state index contributed by atoms with van der Waals surface area (Å²) in [6.07, 6.45) is 0. The predicted molar refractivity (Wildman–Crippen MR) is 110 cm³/mol. The number of carbonyl (C=O) groups excluding carboxylic acids is 1. The molecule has 3 aromatic rings. The molecule has 30 heavy (non-hydrogen) atoms. The highest BCUT2D eigenvalue weighted by atomic mass is 19.3. The minimum absolute atomic E-state index is 0.0952. The molecule has 1 atom stereocenters. The van der Waals surface area contributed by atoms with Gasteiger partial charge in [0.25, 0.3) is 5.91 Å². The van der Waals surface area contributed by atoms with Crippen molar-refractivity contribution >= 4 is 11.6 Å². The van der Waals surface area contributed by atoms with Crippen LogP contribution in [0.4, 0.5) is 14.5 Å². The van der Waals surface area contributed by atoms with Gasteiger partial charge in [-0.15, -0.1) is 0 Å². The number of nitrogens with one attached hydrogen (secondary N) is 1. The molecule has 3 N–H and O–H groups in total. The first-order valence-electron chi connectivity index (χ1n) is 9.42. The number of alkyl halides is 2. The Labute approximate surface area is 173 Å². The molecule has 0 unspecified atom stereocenters. The van der Waals surface area contributed by atoms with Gasteiger partial charge in [-0.2, -0.15) is 8.78 Å². The maximum Gasteiger partial charge on any atom is 0.387 e. The summed E-state index contributed by atoms with van der Waals surface area (Å²) in [5.41, 5.74) is 2.55. The van der Waals surface area contributed by atoms with Gasteiger partial charge in [0.2, 0.25) is 0 Å². The smallest absolute Gasteiger partial charge is 0.387 e. The zero-order valence-electron chi connectivity index (χ0n) is 16.4. The molecule has 5 nitrogen and oxygen atoms in total. The van der Waals surface area contributed by atoms with Gasteiger partial charge in [-0.1, -0.05) is 30.3 Å².